The van der Waals surface area contributed by atoms with Crippen molar-refractivity contribution in [3.05, 3.63) is 34.6 Å². The molecule has 0 atom stereocenters. The molecule has 0 radical (unpaired) electrons. The largest absolute Gasteiger partial charge is 0.396 e. The maximum absolute atomic E-state index is 13.0. The maximum Gasteiger partial charge on any atom is 0.251 e. The summed E-state index contributed by atoms with van der Waals surface area (Å²) in [6.45, 7) is 4.34. The summed E-state index contributed by atoms with van der Waals surface area (Å²) in [6, 6.07) is 3.84. The van der Waals surface area contributed by atoms with Gasteiger partial charge in [-0.2, -0.15) is 0 Å². The minimum atomic E-state index is -0.551. The molecule has 0 unspecified atom stereocenters. The van der Waals surface area contributed by atoms with Gasteiger partial charge in [0.2, 0.25) is 0 Å². The summed E-state index contributed by atoms with van der Waals surface area (Å²) in [4.78, 5) is 11.9. The second kappa shape index (κ2) is 6.87. The first-order valence-corrected chi connectivity index (χ1v) is 6.70. The van der Waals surface area contributed by atoms with Crippen LogP contribution < -0.4 is 5.32 Å². The van der Waals surface area contributed by atoms with Gasteiger partial charge in [-0.25, -0.2) is 4.39 Å². The first-order valence-electron chi connectivity index (χ1n) is 6.32. The molecule has 5 heteroatoms. The van der Waals surface area contributed by atoms with Crippen molar-refractivity contribution in [1.29, 1.82) is 0 Å². The monoisotopic (exact) mass is 287 g/mol. The van der Waals surface area contributed by atoms with Crippen LogP contribution in [0.15, 0.2) is 18.2 Å². The van der Waals surface area contributed by atoms with Gasteiger partial charge in [0.1, 0.15) is 5.82 Å². The number of carbonyl (C=O) groups excluding carboxylic acids is 1. The van der Waals surface area contributed by atoms with Gasteiger partial charge in [-0.3, -0.25) is 4.79 Å². The third-order valence-corrected chi connectivity index (χ3v) is 3.93. The minimum Gasteiger partial charge on any atom is -0.396 e. The molecule has 19 heavy (non-hydrogen) atoms. The predicted molar refractivity (Wildman–Crippen MR) is 73.8 cm³/mol. The van der Waals surface area contributed by atoms with Crippen molar-refractivity contribution in [2.45, 2.75) is 26.7 Å². The molecule has 0 aliphatic heterocycles. The number of aliphatic hydroxyl groups excluding tert-OH is 1. The predicted octanol–water partition coefficient (Wildman–Crippen LogP) is 3.01. The molecule has 0 spiro atoms. The molecule has 0 aliphatic rings. The van der Waals surface area contributed by atoms with Crippen molar-refractivity contribution in [2.75, 3.05) is 13.2 Å². The third-order valence-electron chi connectivity index (χ3n) is 3.64. The lowest BCUT2D eigenvalue weighted by atomic mass is 9.83. The molecular formula is C14H19ClFNO2. The minimum absolute atomic E-state index is 0.0183. The maximum atomic E-state index is 13.0. The highest BCUT2D eigenvalue weighted by Gasteiger charge is 2.26. The van der Waals surface area contributed by atoms with E-state index in [0.717, 1.165) is 18.9 Å². The van der Waals surface area contributed by atoms with Crippen molar-refractivity contribution < 1.29 is 14.3 Å². The third kappa shape index (κ3) is 3.91. The molecule has 0 aliphatic carbocycles. The van der Waals surface area contributed by atoms with Crippen LogP contribution in [0.1, 0.15) is 37.0 Å². The number of hydrogen-bond donors (Lipinski definition) is 2. The number of hydrogen-bond acceptors (Lipinski definition) is 2. The quantitative estimate of drug-likeness (QED) is 0.845. The van der Waals surface area contributed by atoms with Gasteiger partial charge in [0, 0.05) is 17.5 Å². The van der Waals surface area contributed by atoms with Crippen LogP contribution in [0.3, 0.4) is 0 Å². The van der Waals surface area contributed by atoms with Crippen molar-refractivity contribution in [3.63, 3.8) is 0 Å². The molecule has 0 heterocycles. The molecule has 1 aromatic carbocycles. The zero-order chi connectivity index (χ0) is 14.5. The lowest BCUT2D eigenvalue weighted by molar-refractivity contribution is 0.0851. The highest BCUT2D eigenvalue weighted by atomic mass is 35.5. The van der Waals surface area contributed by atoms with E-state index in [2.05, 4.69) is 5.32 Å². The molecule has 0 fully saturated rings. The van der Waals surface area contributed by atoms with Crippen molar-refractivity contribution in [1.82, 2.24) is 5.32 Å². The molecule has 0 saturated carbocycles. The Balaban J connectivity index is 2.72. The van der Waals surface area contributed by atoms with Gasteiger partial charge < -0.3 is 10.4 Å². The number of amides is 1. The summed E-state index contributed by atoms with van der Waals surface area (Å²) >= 11 is 5.63. The van der Waals surface area contributed by atoms with Crippen LogP contribution in [0.5, 0.6) is 0 Å². The van der Waals surface area contributed by atoms with Gasteiger partial charge in [0.15, 0.2) is 0 Å². The Labute approximate surface area is 117 Å². The van der Waals surface area contributed by atoms with E-state index in [1.165, 1.54) is 12.1 Å². The normalized spacial score (nSPS) is 11.4. The molecule has 0 bridgehead atoms. The van der Waals surface area contributed by atoms with Gasteiger partial charge in [0.25, 0.3) is 5.91 Å². The molecule has 1 aromatic rings. The Kier molecular flexibility index (Phi) is 5.76. The zero-order valence-corrected chi connectivity index (χ0v) is 11.9. The lowest BCUT2D eigenvalue weighted by Gasteiger charge is -2.29. The summed E-state index contributed by atoms with van der Waals surface area (Å²) < 4.78 is 13.0. The number of halogens is 2. The van der Waals surface area contributed by atoms with Crippen molar-refractivity contribution in [2.24, 2.45) is 5.41 Å². The first-order chi connectivity index (χ1) is 8.98. The fourth-order valence-electron chi connectivity index (χ4n) is 1.79. The van der Waals surface area contributed by atoms with Gasteiger partial charge in [-0.1, -0.05) is 25.4 Å². The fourth-order valence-corrected chi connectivity index (χ4v) is 1.97. The van der Waals surface area contributed by atoms with Crippen molar-refractivity contribution in [3.8, 4) is 0 Å². The Hall–Kier alpha value is -1.13. The zero-order valence-electron chi connectivity index (χ0n) is 11.2. The fraction of sp³-hybridized carbons (Fsp3) is 0.500. The van der Waals surface area contributed by atoms with E-state index in [4.69, 9.17) is 11.6 Å². The van der Waals surface area contributed by atoms with Crippen LogP contribution >= 0.6 is 11.6 Å². The summed E-state index contributed by atoms with van der Waals surface area (Å²) in [5, 5.41) is 12.1. The highest BCUT2D eigenvalue weighted by Crippen LogP contribution is 2.24. The summed E-state index contributed by atoms with van der Waals surface area (Å²) in [6.07, 6.45) is 1.54. The summed E-state index contributed by atoms with van der Waals surface area (Å²) in [5.41, 5.74) is 0.00453. The standard InChI is InChI=1S/C14H19ClFNO2/c1-3-14(4-2,9-18)8-17-13(19)10-5-6-12(16)11(15)7-10/h5-7,18H,3-4,8-9H2,1-2H3,(H,17,19). The molecule has 106 valence electrons. The van der Waals surface area contributed by atoms with Crippen LogP contribution in [0, 0.1) is 11.2 Å². The van der Waals surface area contributed by atoms with E-state index >= 15 is 0 Å². The van der Waals surface area contributed by atoms with Crippen LogP contribution in [-0.2, 0) is 0 Å². The summed E-state index contributed by atoms with van der Waals surface area (Å²) in [7, 11) is 0. The van der Waals surface area contributed by atoms with E-state index in [9.17, 15) is 14.3 Å². The van der Waals surface area contributed by atoms with E-state index in [0.29, 0.717) is 12.1 Å². The van der Waals surface area contributed by atoms with Gasteiger partial charge in [-0.05, 0) is 31.0 Å². The number of benzene rings is 1. The van der Waals surface area contributed by atoms with Crippen molar-refractivity contribution >= 4 is 17.5 Å². The smallest absolute Gasteiger partial charge is 0.251 e. The Morgan fingerprint density at radius 3 is 2.53 bits per heavy atom. The Bertz CT molecular complexity index is 439. The number of nitrogens with one attached hydrogen (secondary N) is 1. The van der Waals surface area contributed by atoms with Crippen LogP contribution in [0.25, 0.3) is 0 Å². The van der Waals surface area contributed by atoms with Crippen LogP contribution in [0.4, 0.5) is 4.39 Å². The molecular weight excluding hydrogens is 269 g/mol. The van der Waals surface area contributed by atoms with Gasteiger partial charge in [-0.15, -0.1) is 0 Å². The van der Waals surface area contributed by atoms with E-state index in [1.54, 1.807) is 0 Å². The van der Waals surface area contributed by atoms with E-state index in [1.807, 2.05) is 13.8 Å². The molecule has 1 rings (SSSR count). The van der Waals surface area contributed by atoms with Gasteiger partial charge >= 0.3 is 0 Å². The molecule has 3 nitrogen and oxygen atoms in total. The van der Waals surface area contributed by atoms with E-state index in [-0.39, 0.29) is 23.0 Å². The van der Waals surface area contributed by atoms with Gasteiger partial charge in [0.05, 0.1) is 11.6 Å². The number of aliphatic hydroxyl groups is 1. The second-order valence-corrected chi connectivity index (χ2v) is 5.08. The number of rotatable bonds is 6. The Morgan fingerprint density at radius 2 is 2.05 bits per heavy atom. The molecule has 0 saturated heterocycles. The number of carbonyl (C=O) groups is 1. The van der Waals surface area contributed by atoms with E-state index < -0.39 is 5.82 Å². The molecule has 1 amide bonds. The topological polar surface area (TPSA) is 49.3 Å². The highest BCUT2D eigenvalue weighted by molar-refractivity contribution is 6.31. The van der Waals surface area contributed by atoms with Crippen LogP contribution in [0.2, 0.25) is 5.02 Å². The first kappa shape index (κ1) is 15.9. The second-order valence-electron chi connectivity index (χ2n) is 4.68. The SMILES string of the molecule is CCC(CC)(CO)CNC(=O)c1ccc(F)c(Cl)c1. The van der Waals surface area contributed by atoms with Crippen LogP contribution in [-0.4, -0.2) is 24.2 Å². The Morgan fingerprint density at radius 1 is 1.42 bits per heavy atom. The summed E-state index contributed by atoms with van der Waals surface area (Å²) in [5.74, 6) is -0.869. The molecule has 0 aromatic heterocycles. The average molecular weight is 288 g/mol. The average Bonchev–Trinajstić information content (AvgIpc) is 2.43. The lowest BCUT2D eigenvalue weighted by Crippen LogP contribution is -2.39. The molecule has 2 N–H and O–H groups in total.